The van der Waals surface area contributed by atoms with Crippen LogP contribution in [0.15, 0.2) is 17.0 Å². The number of nitrogens with two attached hydrogens (primary N) is 2. The Hall–Kier alpha value is -1.35. The third-order valence-corrected chi connectivity index (χ3v) is 5.50. The van der Waals surface area contributed by atoms with Gasteiger partial charge in [0.1, 0.15) is 0 Å². The maximum absolute atomic E-state index is 12.3. The molecule has 0 amide bonds. The Labute approximate surface area is 130 Å². The Bertz CT molecular complexity index is 613. The maximum atomic E-state index is 12.3. The van der Waals surface area contributed by atoms with Gasteiger partial charge in [0.05, 0.1) is 30.5 Å². The van der Waals surface area contributed by atoms with Gasteiger partial charge in [-0.25, -0.2) is 8.42 Å². The first-order valence-electron chi connectivity index (χ1n) is 7.25. The summed E-state index contributed by atoms with van der Waals surface area (Å²) in [6, 6.07) is 3.00. The van der Waals surface area contributed by atoms with Gasteiger partial charge in [-0.2, -0.15) is 0 Å². The molecule has 0 unspecified atom stereocenters. The molecule has 1 aliphatic rings. The van der Waals surface area contributed by atoms with Crippen LogP contribution in [0.2, 0.25) is 0 Å². The number of rotatable bonds is 6. The van der Waals surface area contributed by atoms with E-state index in [2.05, 4.69) is 4.90 Å². The first-order valence-corrected chi connectivity index (χ1v) is 8.91. The van der Waals surface area contributed by atoms with E-state index in [1.54, 1.807) is 6.07 Å². The number of morpholine rings is 1. The van der Waals surface area contributed by atoms with E-state index >= 15 is 0 Å². The molecule has 0 atom stereocenters. The van der Waals surface area contributed by atoms with E-state index in [1.165, 1.54) is 6.07 Å². The van der Waals surface area contributed by atoms with Gasteiger partial charge in [0.25, 0.3) is 0 Å². The molecule has 5 N–H and O–H groups in total. The molecule has 8 heteroatoms. The molecule has 1 aromatic carbocycles. The molecule has 1 fully saturated rings. The van der Waals surface area contributed by atoms with Crippen LogP contribution in [-0.2, 0) is 21.0 Å². The normalized spacial score (nSPS) is 16.8. The van der Waals surface area contributed by atoms with Gasteiger partial charge in [-0.3, -0.25) is 4.90 Å². The van der Waals surface area contributed by atoms with Gasteiger partial charge in [0.2, 0.25) is 0 Å². The van der Waals surface area contributed by atoms with Gasteiger partial charge >= 0.3 is 0 Å². The Balaban J connectivity index is 2.25. The Morgan fingerprint density at radius 2 is 1.91 bits per heavy atom. The third kappa shape index (κ3) is 4.10. The number of nitrogen functional groups attached to an aromatic ring is 2. The van der Waals surface area contributed by atoms with Crippen LogP contribution in [-0.4, -0.2) is 63.6 Å². The molecule has 1 heterocycles. The lowest BCUT2D eigenvalue weighted by Gasteiger charge is -2.27. The minimum atomic E-state index is -3.59. The van der Waals surface area contributed by atoms with Gasteiger partial charge < -0.3 is 21.3 Å². The molecule has 1 aliphatic heterocycles. The topological polar surface area (TPSA) is 119 Å². The Morgan fingerprint density at radius 3 is 2.55 bits per heavy atom. The van der Waals surface area contributed by atoms with Crippen molar-refractivity contribution in [2.45, 2.75) is 11.3 Å². The second kappa shape index (κ2) is 7.28. The Morgan fingerprint density at radius 1 is 1.23 bits per heavy atom. The van der Waals surface area contributed by atoms with E-state index in [0.717, 1.165) is 13.1 Å². The fourth-order valence-corrected chi connectivity index (χ4v) is 3.93. The number of benzene rings is 1. The van der Waals surface area contributed by atoms with Crippen LogP contribution in [0.1, 0.15) is 5.56 Å². The zero-order valence-electron chi connectivity index (χ0n) is 12.5. The standard InChI is InChI=1S/C14H23N3O4S/c15-11-9-13(16)12(1-2-17-3-6-21-7-4-17)14(10-11)22(19,20)8-5-18/h9-10,18H,1-8,15-16H2. The average Bonchev–Trinajstić information content (AvgIpc) is 2.46. The predicted molar refractivity (Wildman–Crippen MR) is 85.4 cm³/mol. The van der Waals surface area contributed by atoms with Gasteiger partial charge in [0, 0.05) is 31.0 Å². The molecule has 0 aliphatic carbocycles. The number of anilines is 2. The minimum Gasteiger partial charge on any atom is -0.399 e. The first-order chi connectivity index (χ1) is 10.4. The van der Waals surface area contributed by atoms with Crippen molar-refractivity contribution in [1.82, 2.24) is 4.90 Å². The highest BCUT2D eigenvalue weighted by Gasteiger charge is 2.21. The van der Waals surface area contributed by atoms with E-state index in [0.29, 0.717) is 43.1 Å². The number of nitrogens with zero attached hydrogens (tertiary/aromatic N) is 1. The fraction of sp³-hybridized carbons (Fsp3) is 0.571. The summed E-state index contributed by atoms with van der Waals surface area (Å²) in [5, 5.41) is 8.96. The molecule has 1 saturated heterocycles. The molecule has 0 spiro atoms. The first kappa shape index (κ1) is 17.0. The highest BCUT2D eigenvalue weighted by molar-refractivity contribution is 7.91. The summed E-state index contributed by atoms with van der Waals surface area (Å²) >= 11 is 0. The lowest BCUT2D eigenvalue weighted by Crippen LogP contribution is -2.37. The van der Waals surface area contributed by atoms with Gasteiger partial charge in [-0.05, 0) is 24.1 Å². The summed E-state index contributed by atoms with van der Waals surface area (Å²) in [4.78, 5) is 2.34. The van der Waals surface area contributed by atoms with Gasteiger partial charge in [-0.15, -0.1) is 0 Å². The zero-order chi connectivity index (χ0) is 16.2. The summed E-state index contributed by atoms with van der Waals surface area (Å²) in [6.07, 6.45) is 0.520. The quantitative estimate of drug-likeness (QED) is 0.601. The maximum Gasteiger partial charge on any atom is 0.181 e. The van der Waals surface area contributed by atoms with Crippen molar-refractivity contribution in [2.24, 2.45) is 0 Å². The van der Waals surface area contributed by atoms with Crippen molar-refractivity contribution in [1.29, 1.82) is 0 Å². The van der Waals surface area contributed by atoms with E-state index in [-0.39, 0.29) is 10.6 Å². The number of aliphatic hydroxyl groups is 1. The lowest BCUT2D eigenvalue weighted by molar-refractivity contribution is 0.0384. The van der Waals surface area contributed by atoms with Crippen LogP contribution < -0.4 is 11.5 Å². The summed E-state index contributed by atoms with van der Waals surface area (Å²) in [7, 11) is -3.59. The van der Waals surface area contributed by atoms with Crippen LogP contribution in [0.3, 0.4) is 0 Å². The van der Waals surface area contributed by atoms with Crippen LogP contribution in [0.5, 0.6) is 0 Å². The number of hydrogen-bond donors (Lipinski definition) is 3. The highest BCUT2D eigenvalue weighted by atomic mass is 32.2. The monoisotopic (exact) mass is 329 g/mol. The highest BCUT2D eigenvalue weighted by Crippen LogP contribution is 2.27. The van der Waals surface area contributed by atoms with E-state index < -0.39 is 16.4 Å². The number of aliphatic hydroxyl groups excluding tert-OH is 1. The van der Waals surface area contributed by atoms with Crippen LogP contribution in [0, 0.1) is 0 Å². The number of ether oxygens (including phenoxy) is 1. The van der Waals surface area contributed by atoms with Gasteiger partial charge in [-0.1, -0.05) is 0 Å². The molecule has 1 aromatic rings. The van der Waals surface area contributed by atoms with Gasteiger partial charge in [0.15, 0.2) is 9.84 Å². The van der Waals surface area contributed by atoms with E-state index in [9.17, 15) is 8.42 Å². The van der Waals surface area contributed by atoms with Crippen LogP contribution in [0.4, 0.5) is 11.4 Å². The van der Waals surface area contributed by atoms with Crippen molar-refractivity contribution in [3.63, 3.8) is 0 Å². The molecule has 2 rings (SSSR count). The predicted octanol–water partition coefficient (Wildman–Crippen LogP) is -0.508. The van der Waals surface area contributed by atoms with Crippen molar-refractivity contribution in [2.75, 3.05) is 56.7 Å². The van der Waals surface area contributed by atoms with Crippen LogP contribution >= 0.6 is 0 Å². The SMILES string of the molecule is Nc1cc(N)c(CCN2CCOCC2)c(S(=O)(=O)CCO)c1. The second-order valence-corrected chi connectivity index (χ2v) is 7.41. The Kier molecular flexibility index (Phi) is 5.63. The van der Waals surface area contributed by atoms with Crippen molar-refractivity contribution >= 4 is 21.2 Å². The number of hydrogen-bond acceptors (Lipinski definition) is 7. The molecule has 0 aromatic heterocycles. The second-order valence-electron chi connectivity index (χ2n) is 5.33. The number of sulfone groups is 1. The molecule has 0 bridgehead atoms. The molecular weight excluding hydrogens is 306 g/mol. The minimum absolute atomic E-state index is 0.132. The molecule has 0 radical (unpaired) electrons. The summed E-state index contributed by atoms with van der Waals surface area (Å²) in [6.45, 7) is 3.31. The summed E-state index contributed by atoms with van der Waals surface area (Å²) in [5.74, 6) is -0.333. The molecular formula is C14H23N3O4S. The van der Waals surface area contributed by atoms with E-state index in [4.69, 9.17) is 21.3 Å². The van der Waals surface area contributed by atoms with Crippen molar-refractivity contribution < 1.29 is 18.3 Å². The lowest BCUT2D eigenvalue weighted by atomic mass is 10.1. The van der Waals surface area contributed by atoms with Crippen molar-refractivity contribution in [3.8, 4) is 0 Å². The fourth-order valence-electron chi connectivity index (χ4n) is 2.56. The smallest absolute Gasteiger partial charge is 0.181 e. The molecule has 124 valence electrons. The third-order valence-electron chi connectivity index (χ3n) is 3.74. The van der Waals surface area contributed by atoms with Crippen LogP contribution in [0.25, 0.3) is 0 Å². The molecule has 7 nitrogen and oxygen atoms in total. The molecule has 0 saturated carbocycles. The van der Waals surface area contributed by atoms with E-state index in [1.807, 2.05) is 0 Å². The largest absolute Gasteiger partial charge is 0.399 e. The zero-order valence-corrected chi connectivity index (χ0v) is 13.3. The summed E-state index contributed by atoms with van der Waals surface area (Å²) in [5.41, 5.74) is 13.0. The molecule has 22 heavy (non-hydrogen) atoms. The summed E-state index contributed by atoms with van der Waals surface area (Å²) < 4.78 is 29.9. The van der Waals surface area contributed by atoms with Crippen molar-refractivity contribution in [3.05, 3.63) is 17.7 Å². The average molecular weight is 329 g/mol.